The topological polar surface area (TPSA) is 88.4 Å². The number of rotatable bonds is 9. The van der Waals surface area contributed by atoms with E-state index in [-0.39, 0.29) is 25.5 Å². The highest BCUT2D eigenvalue weighted by Gasteiger charge is 2.35. The van der Waals surface area contributed by atoms with Gasteiger partial charge in [0.1, 0.15) is 0 Å². The highest BCUT2D eigenvalue weighted by molar-refractivity contribution is 6.30. The number of aliphatic hydroxyl groups is 1. The summed E-state index contributed by atoms with van der Waals surface area (Å²) in [6.07, 6.45) is -3.98. The van der Waals surface area contributed by atoms with Crippen LogP contribution in [-0.2, 0) is 23.9 Å². The lowest BCUT2D eigenvalue weighted by Gasteiger charge is -2.11. The second-order valence-corrected chi connectivity index (χ2v) is 7.44. The molecule has 2 amide bonds. The molecule has 0 aliphatic rings. The average Bonchev–Trinajstić information content (AvgIpc) is 3.21. The van der Waals surface area contributed by atoms with E-state index in [0.717, 1.165) is 16.3 Å². The number of amides is 2. The first-order chi connectivity index (χ1) is 15.8. The Balaban J connectivity index is 1.63. The van der Waals surface area contributed by atoms with E-state index < -0.39 is 17.9 Å². The molecule has 0 atom stereocenters. The Morgan fingerprint density at radius 3 is 2.55 bits per heavy atom. The maximum absolute atomic E-state index is 13.2. The summed E-state index contributed by atoms with van der Waals surface area (Å²) < 4.78 is 45.9. The van der Waals surface area contributed by atoms with Gasteiger partial charge in [-0.2, -0.15) is 18.3 Å². The number of ether oxygens (including phenoxy) is 1. The van der Waals surface area contributed by atoms with Crippen molar-refractivity contribution >= 4 is 23.3 Å². The number of hydrogen-bond donors (Lipinski definition) is 3. The lowest BCUT2D eigenvalue weighted by Crippen LogP contribution is -2.29. The monoisotopic (exact) mass is 482 g/mol. The summed E-state index contributed by atoms with van der Waals surface area (Å²) in [5, 5.41) is 17.9. The molecule has 0 unspecified atom stereocenters. The fourth-order valence-corrected chi connectivity index (χ4v) is 3.16. The van der Waals surface area contributed by atoms with Crippen LogP contribution in [0.5, 0.6) is 0 Å². The van der Waals surface area contributed by atoms with E-state index >= 15 is 0 Å². The summed E-state index contributed by atoms with van der Waals surface area (Å²) in [7, 11) is 0. The number of hydrogen-bond acceptors (Lipinski definition) is 4. The number of nitrogens with one attached hydrogen (secondary N) is 2. The lowest BCUT2D eigenvalue weighted by atomic mass is 10.1. The number of alkyl halides is 3. The van der Waals surface area contributed by atoms with Crippen molar-refractivity contribution in [3.63, 3.8) is 0 Å². The van der Waals surface area contributed by atoms with Crippen LogP contribution in [0.4, 0.5) is 23.7 Å². The Morgan fingerprint density at radius 1 is 1.12 bits per heavy atom. The van der Waals surface area contributed by atoms with E-state index in [1.807, 2.05) is 12.1 Å². The van der Waals surface area contributed by atoms with Gasteiger partial charge in [-0.15, -0.1) is 0 Å². The molecule has 0 aliphatic heterocycles. The first-order valence-corrected chi connectivity index (χ1v) is 10.4. The van der Waals surface area contributed by atoms with E-state index in [9.17, 15) is 18.0 Å². The van der Waals surface area contributed by atoms with Gasteiger partial charge in [0.25, 0.3) is 0 Å². The lowest BCUT2D eigenvalue weighted by molar-refractivity contribution is -0.141. The van der Waals surface area contributed by atoms with Crippen LogP contribution in [0.3, 0.4) is 0 Å². The molecular weight excluding hydrogens is 461 g/mol. The predicted octanol–water partition coefficient (Wildman–Crippen LogP) is 4.42. The van der Waals surface area contributed by atoms with Crippen LogP contribution >= 0.6 is 11.6 Å². The molecule has 176 valence electrons. The van der Waals surface area contributed by atoms with Gasteiger partial charge in [-0.05, 0) is 48.4 Å². The Bertz CT molecular complexity index is 1070. The van der Waals surface area contributed by atoms with Gasteiger partial charge < -0.3 is 20.5 Å². The van der Waals surface area contributed by atoms with E-state index in [0.29, 0.717) is 29.4 Å². The van der Waals surface area contributed by atoms with Gasteiger partial charge in [-0.25, -0.2) is 9.48 Å². The molecule has 1 heterocycles. The molecule has 0 saturated heterocycles. The summed E-state index contributed by atoms with van der Waals surface area (Å²) in [5.74, 6) is 0. The van der Waals surface area contributed by atoms with Gasteiger partial charge in [0, 0.05) is 10.7 Å². The molecule has 2 aromatic carbocycles. The minimum Gasteiger partial charge on any atom is -0.394 e. The first kappa shape index (κ1) is 24.6. The van der Waals surface area contributed by atoms with Crippen LogP contribution in [0.2, 0.25) is 5.02 Å². The standard InChI is InChI=1S/C22H22ClF3N4O3/c23-16-2-1-3-18(12-16)30-19(13-20(29-30)22(24,25)26)14-27-21(32)28-17-6-4-15(5-7-17)8-10-33-11-9-31/h1-7,12-13,31H,8-11,14H2,(H2,27,28,32). The molecule has 0 bridgehead atoms. The molecule has 0 fully saturated rings. The number of urea groups is 1. The van der Waals surface area contributed by atoms with Gasteiger partial charge in [0.2, 0.25) is 0 Å². The molecule has 33 heavy (non-hydrogen) atoms. The zero-order valence-electron chi connectivity index (χ0n) is 17.4. The van der Waals surface area contributed by atoms with Crippen molar-refractivity contribution in [2.45, 2.75) is 19.1 Å². The normalized spacial score (nSPS) is 11.4. The number of aliphatic hydroxyl groups excluding tert-OH is 1. The third-order valence-electron chi connectivity index (χ3n) is 4.54. The van der Waals surface area contributed by atoms with Gasteiger partial charge in [0.15, 0.2) is 5.69 Å². The molecule has 11 heteroatoms. The maximum Gasteiger partial charge on any atom is 0.435 e. The van der Waals surface area contributed by atoms with Crippen LogP contribution in [0.15, 0.2) is 54.6 Å². The van der Waals surface area contributed by atoms with E-state index in [2.05, 4.69) is 15.7 Å². The zero-order chi connectivity index (χ0) is 23.8. The molecule has 3 rings (SSSR count). The molecule has 0 aliphatic carbocycles. The van der Waals surface area contributed by atoms with Crippen molar-refractivity contribution in [3.05, 3.63) is 76.6 Å². The average molecular weight is 483 g/mol. The van der Waals surface area contributed by atoms with Crippen molar-refractivity contribution in [2.24, 2.45) is 0 Å². The second kappa shape index (κ2) is 11.2. The summed E-state index contributed by atoms with van der Waals surface area (Å²) in [4.78, 5) is 12.3. The molecule has 0 radical (unpaired) electrons. The quantitative estimate of drug-likeness (QED) is 0.394. The molecule has 0 saturated carbocycles. The third kappa shape index (κ3) is 7.21. The minimum absolute atomic E-state index is 0.0324. The van der Waals surface area contributed by atoms with Crippen molar-refractivity contribution < 1.29 is 27.8 Å². The Morgan fingerprint density at radius 2 is 1.88 bits per heavy atom. The Hall–Kier alpha value is -3.08. The van der Waals surface area contributed by atoms with E-state index in [4.69, 9.17) is 21.4 Å². The van der Waals surface area contributed by atoms with E-state index in [1.54, 1.807) is 30.3 Å². The SMILES string of the molecule is O=C(NCc1cc(C(F)(F)F)nn1-c1cccc(Cl)c1)Nc1ccc(CCOCCO)cc1. The van der Waals surface area contributed by atoms with Gasteiger partial charge in [-0.1, -0.05) is 29.8 Å². The minimum atomic E-state index is -4.63. The Labute approximate surface area is 193 Å². The second-order valence-electron chi connectivity index (χ2n) is 7.00. The smallest absolute Gasteiger partial charge is 0.394 e. The number of anilines is 1. The highest BCUT2D eigenvalue weighted by Crippen LogP contribution is 2.30. The molecule has 0 spiro atoms. The third-order valence-corrected chi connectivity index (χ3v) is 4.77. The predicted molar refractivity (Wildman–Crippen MR) is 117 cm³/mol. The highest BCUT2D eigenvalue weighted by atomic mass is 35.5. The number of halogens is 4. The molecule has 7 nitrogen and oxygen atoms in total. The summed E-state index contributed by atoms with van der Waals surface area (Å²) in [5.41, 5.74) is 0.917. The van der Waals surface area contributed by atoms with Gasteiger partial charge >= 0.3 is 12.2 Å². The van der Waals surface area contributed by atoms with E-state index in [1.165, 1.54) is 6.07 Å². The Kier molecular flexibility index (Phi) is 8.32. The summed E-state index contributed by atoms with van der Waals surface area (Å²) in [6.45, 7) is 0.519. The van der Waals surface area contributed by atoms with Crippen molar-refractivity contribution in [1.29, 1.82) is 0 Å². The van der Waals surface area contributed by atoms with Crippen molar-refractivity contribution in [1.82, 2.24) is 15.1 Å². The summed E-state index contributed by atoms with van der Waals surface area (Å²) in [6, 6.07) is 13.6. The number of benzene rings is 2. The largest absolute Gasteiger partial charge is 0.435 e. The number of carbonyl (C=O) groups is 1. The zero-order valence-corrected chi connectivity index (χ0v) is 18.2. The van der Waals surface area contributed by atoms with Crippen molar-refractivity contribution in [3.8, 4) is 5.69 Å². The number of nitrogens with zero attached hydrogens (tertiary/aromatic N) is 2. The van der Waals surface area contributed by atoms with Crippen molar-refractivity contribution in [2.75, 3.05) is 25.1 Å². The fraction of sp³-hybridized carbons (Fsp3) is 0.273. The first-order valence-electron chi connectivity index (χ1n) is 10.0. The molecule has 1 aromatic heterocycles. The van der Waals surface area contributed by atoms with Crippen LogP contribution < -0.4 is 10.6 Å². The fourth-order valence-electron chi connectivity index (χ4n) is 2.97. The van der Waals surface area contributed by atoms with Crippen LogP contribution in [0, 0.1) is 0 Å². The molecule has 3 N–H and O–H groups in total. The molecular formula is C22H22ClF3N4O3. The van der Waals surface area contributed by atoms with Gasteiger partial charge in [0.05, 0.1) is 37.7 Å². The van der Waals surface area contributed by atoms with Crippen LogP contribution in [0.25, 0.3) is 5.69 Å². The van der Waals surface area contributed by atoms with Crippen LogP contribution in [-0.4, -0.2) is 40.7 Å². The number of aromatic nitrogens is 2. The van der Waals surface area contributed by atoms with Gasteiger partial charge in [-0.3, -0.25) is 0 Å². The number of carbonyl (C=O) groups excluding carboxylic acids is 1. The van der Waals surface area contributed by atoms with Crippen LogP contribution in [0.1, 0.15) is 17.0 Å². The molecule has 3 aromatic rings. The maximum atomic E-state index is 13.2. The summed E-state index contributed by atoms with van der Waals surface area (Å²) >= 11 is 5.95.